The van der Waals surface area contributed by atoms with Crippen LogP contribution < -0.4 is 20.5 Å². The zero-order valence-electron chi connectivity index (χ0n) is 13.4. The number of fused-ring (bicyclic) bond motifs is 2. The molecule has 0 saturated heterocycles. The van der Waals surface area contributed by atoms with Crippen molar-refractivity contribution in [3.8, 4) is 11.5 Å². The highest BCUT2D eigenvalue weighted by atomic mass is 16.5. The van der Waals surface area contributed by atoms with Crippen LogP contribution in [0.1, 0.15) is 24.8 Å². The van der Waals surface area contributed by atoms with E-state index in [1.165, 1.54) is 6.42 Å². The van der Waals surface area contributed by atoms with Gasteiger partial charge in [-0.1, -0.05) is 0 Å². The first-order valence-corrected chi connectivity index (χ1v) is 7.84. The van der Waals surface area contributed by atoms with Gasteiger partial charge in [0, 0.05) is 17.8 Å². The van der Waals surface area contributed by atoms with Gasteiger partial charge in [0.2, 0.25) is 5.91 Å². The summed E-state index contributed by atoms with van der Waals surface area (Å²) in [5.74, 6) is 2.21. The van der Waals surface area contributed by atoms with Crippen LogP contribution in [0.15, 0.2) is 12.1 Å². The SMILES string of the molecule is COc1cc(C)c(NC(=O)C2C3CCC(C3)C2N)cc1OC. The molecule has 5 nitrogen and oxygen atoms in total. The van der Waals surface area contributed by atoms with Crippen LogP contribution in [0.4, 0.5) is 5.69 Å². The molecule has 0 heterocycles. The molecule has 120 valence electrons. The molecule has 0 aromatic heterocycles. The van der Waals surface area contributed by atoms with Crippen molar-refractivity contribution in [2.45, 2.75) is 32.2 Å². The quantitative estimate of drug-likeness (QED) is 0.895. The van der Waals surface area contributed by atoms with Gasteiger partial charge in [-0.3, -0.25) is 4.79 Å². The normalized spacial score (nSPS) is 29.5. The monoisotopic (exact) mass is 304 g/mol. The summed E-state index contributed by atoms with van der Waals surface area (Å²) in [6.45, 7) is 1.94. The first kappa shape index (κ1) is 15.2. The summed E-state index contributed by atoms with van der Waals surface area (Å²) in [6, 6.07) is 3.68. The molecule has 22 heavy (non-hydrogen) atoms. The van der Waals surface area contributed by atoms with Crippen molar-refractivity contribution in [2.24, 2.45) is 23.5 Å². The van der Waals surface area contributed by atoms with Crippen molar-refractivity contribution in [1.82, 2.24) is 0 Å². The van der Waals surface area contributed by atoms with Gasteiger partial charge in [0.05, 0.1) is 20.1 Å². The van der Waals surface area contributed by atoms with Crippen LogP contribution in [0.2, 0.25) is 0 Å². The number of nitrogens with two attached hydrogens (primary N) is 1. The molecule has 2 saturated carbocycles. The van der Waals surface area contributed by atoms with Crippen molar-refractivity contribution < 1.29 is 14.3 Å². The molecule has 1 aromatic rings. The summed E-state index contributed by atoms with van der Waals surface area (Å²) >= 11 is 0. The molecule has 2 bridgehead atoms. The minimum Gasteiger partial charge on any atom is -0.493 e. The fourth-order valence-corrected chi connectivity index (χ4v) is 4.06. The molecule has 3 rings (SSSR count). The number of carbonyl (C=O) groups excluding carboxylic acids is 1. The van der Waals surface area contributed by atoms with E-state index in [9.17, 15) is 4.79 Å². The minimum absolute atomic E-state index is 0.000741. The smallest absolute Gasteiger partial charge is 0.229 e. The topological polar surface area (TPSA) is 73.6 Å². The van der Waals surface area contributed by atoms with Gasteiger partial charge in [0.25, 0.3) is 0 Å². The molecule has 5 heteroatoms. The molecule has 2 aliphatic carbocycles. The van der Waals surface area contributed by atoms with Gasteiger partial charge in [-0.25, -0.2) is 0 Å². The molecule has 2 fully saturated rings. The largest absolute Gasteiger partial charge is 0.493 e. The summed E-state index contributed by atoms with van der Waals surface area (Å²) in [4.78, 5) is 12.7. The number of anilines is 1. The fourth-order valence-electron chi connectivity index (χ4n) is 4.06. The van der Waals surface area contributed by atoms with Crippen LogP contribution >= 0.6 is 0 Å². The van der Waals surface area contributed by atoms with E-state index in [2.05, 4.69) is 5.32 Å². The molecule has 4 atom stereocenters. The molecular formula is C17H24N2O3. The van der Waals surface area contributed by atoms with E-state index in [-0.39, 0.29) is 17.9 Å². The van der Waals surface area contributed by atoms with Crippen LogP contribution in [-0.4, -0.2) is 26.2 Å². The molecule has 2 aliphatic rings. The number of amides is 1. The van der Waals surface area contributed by atoms with Crippen LogP contribution in [0, 0.1) is 24.7 Å². The number of rotatable bonds is 4. The summed E-state index contributed by atoms with van der Waals surface area (Å²) in [7, 11) is 3.19. The Labute approximate surface area is 131 Å². The first-order valence-electron chi connectivity index (χ1n) is 7.84. The van der Waals surface area contributed by atoms with Gasteiger partial charge >= 0.3 is 0 Å². The Kier molecular flexibility index (Phi) is 4.00. The van der Waals surface area contributed by atoms with E-state index in [1.54, 1.807) is 14.2 Å². The molecule has 4 unspecified atom stereocenters. The van der Waals surface area contributed by atoms with Crippen LogP contribution in [0.5, 0.6) is 11.5 Å². The van der Waals surface area contributed by atoms with Gasteiger partial charge in [-0.15, -0.1) is 0 Å². The van der Waals surface area contributed by atoms with Crippen molar-refractivity contribution in [3.63, 3.8) is 0 Å². The molecule has 0 spiro atoms. The lowest BCUT2D eigenvalue weighted by Crippen LogP contribution is -2.42. The summed E-state index contributed by atoms with van der Waals surface area (Å²) < 4.78 is 10.6. The van der Waals surface area contributed by atoms with Gasteiger partial charge in [0.15, 0.2) is 11.5 Å². The minimum atomic E-state index is -0.0637. The third kappa shape index (κ3) is 2.43. The Morgan fingerprint density at radius 1 is 1.18 bits per heavy atom. The molecule has 0 aliphatic heterocycles. The van der Waals surface area contributed by atoms with Crippen molar-refractivity contribution in [2.75, 3.05) is 19.5 Å². The van der Waals surface area contributed by atoms with Crippen LogP contribution in [0.25, 0.3) is 0 Å². The Bertz CT molecular complexity index is 586. The van der Waals surface area contributed by atoms with E-state index < -0.39 is 0 Å². The number of benzene rings is 1. The fraction of sp³-hybridized carbons (Fsp3) is 0.588. The second-order valence-corrected chi connectivity index (χ2v) is 6.45. The van der Waals surface area contributed by atoms with Crippen molar-refractivity contribution >= 4 is 11.6 Å². The molecule has 1 aromatic carbocycles. The number of hydrogen-bond donors (Lipinski definition) is 2. The third-order valence-corrected chi connectivity index (χ3v) is 5.27. The first-order chi connectivity index (χ1) is 10.5. The number of aryl methyl sites for hydroxylation is 1. The van der Waals surface area contributed by atoms with Gasteiger partial charge in [0.1, 0.15) is 0 Å². The Balaban J connectivity index is 1.79. The van der Waals surface area contributed by atoms with Crippen molar-refractivity contribution in [1.29, 1.82) is 0 Å². The lowest BCUT2D eigenvalue weighted by Gasteiger charge is -2.27. The maximum atomic E-state index is 12.7. The van der Waals surface area contributed by atoms with Gasteiger partial charge < -0.3 is 20.5 Å². The van der Waals surface area contributed by atoms with Crippen molar-refractivity contribution in [3.05, 3.63) is 17.7 Å². The molecule has 1 amide bonds. The number of ether oxygens (including phenoxy) is 2. The lowest BCUT2D eigenvalue weighted by atomic mass is 9.84. The average molecular weight is 304 g/mol. The second kappa shape index (κ2) is 5.80. The summed E-state index contributed by atoms with van der Waals surface area (Å²) in [5, 5.41) is 3.04. The number of methoxy groups -OCH3 is 2. The average Bonchev–Trinajstić information content (AvgIpc) is 3.09. The summed E-state index contributed by atoms with van der Waals surface area (Å²) in [6.07, 6.45) is 3.40. The maximum Gasteiger partial charge on any atom is 0.229 e. The predicted molar refractivity (Wildman–Crippen MR) is 85.2 cm³/mol. The molecule has 3 N–H and O–H groups in total. The van der Waals surface area contributed by atoms with E-state index >= 15 is 0 Å². The van der Waals surface area contributed by atoms with Gasteiger partial charge in [-0.05, 0) is 49.7 Å². The number of nitrogens with one attached hydrogen (secondary N) is 1. The highest BCUT2D eigenvalue weighted by Crippen LogP contribution is 2.48. The highest BCUT2D eigenvalue weighted by Gasteiger charge is 2.49. The van der Waals surface area contributed by atoms with Crippen LogP contribution in [-0.2, 0) is 4.79 Å². The second-order valence-electron chi connectivity index (χ2n) is 6.45. The highest BCUT2D eigenvalue weighted by molar-refractivity contribution is 5.94. The zero-order chi connectivity index (χ0) is 15.9. The number of hydrogen-bond acceptors (Lipinski definition) is 4. The standard InChI is InChI=1S/C17H24N2O3/c1-9-6-13(21-2)14(22-3)8-12(9)19-17(20)15-10-4-5-11(7-10)16(15)18/h6,8,10-11,15-16H,4-5,7,18H2,1-3H3,(H,19,20). The van der Waals surface area contributed by atoms with E-state index in [4.69, 9.17) is 15.2 Å². The van der Waals surface area contributed by atoms with E-state index in [0.717, 1.165) is 24.1 Å². The number of carbonyl (C=O) groups is 1. The Hall–Kier alpha value is -1.75. The predicted octanol–water partition coefficient (Wildman–Crippen LogP) is 2.32. The molecular weight excluding hydrogens is 280 g/mol. The summed E-state index contributed by atoms with van der Waals surface area (Å²) in [5.41, 5.74) is 7.96. The molecule has 0 radical (unpaired) electrons. The third-order valence-electron chi connectivity index (χ3n) is 5.27. The van der Waals surface area contributed by atoms with Gasteiger partial charge in [-0.2, -0.15) is 0 Å². The van der Waals surface area contributed by atoms with E-state index in [1.807, 2.05) is 19.1 Å². The Morgan fingerprint density at radius 3 is 2.41 bits per heavy atom. The van der Waals surface area contributed by atoms with Crippen LogP contribution in [0.3, 0.4) is 0 Å². The maximum absolute atomic E-state index is 12.7. The van der Waals surface area contributed by atoms with E-state index in [0.29, 0.717) is 23.3 Å². The Morgan fingerprint density at radius 2 is 1.82 bits per heavy atom. The zero-order valence-corrected chi connectivity index (χ0v) is 13.4. The lowest BCUT2D eigenvalue weighted by molar-refractivity contribution is -0.121.